The molecule has 1 spiro atoms. The van der Waals surface area contributed by atoms with Crippen molar-refractivity contribution in [3.05, 3.63) is 110 Å². The van der Waals surface area contributed by atoms with Crippen LogP contribution in [0.2, 0.25) is 10.0 Å². The number of carboxylic acid groups (broad SMARTS) is 1. The van der Waals surface area contributed by atoms with Crippen LogP contribution in [0.4, 0.5) is 5.95 Å². The molecule has 0 radical (unpaired) electrons. The monoisotopic (exact) mass is 533 g/mol. The van der Waals surface area contributed by atoms with Gasteiger partial charge in [-0.2, -0.15) is 9.78 Å². The molecule has 1 aliphatic carbocycles. The van der Waals surface area contributed by atoms with Crippen molar-refractivity contribution in [2.75, 3.05) is 11.6 Å². The van der Waals surface area contributed by atoms with Crippen LogP contribution in [0, 0.1) is 0 Å². The highest BCUT2D eigenvalue weighted by atomic mass is 35.5. The Morgan fingerprint density at radius 3 is 2.35 bits per heavy atom. The molecule has 37 heavy (non-hydrogen) atoms. The fourth-order valence-corrected chi connectivity index (χ4v) is 5.59. The zero-order valence-electron chi connectivity index (χ0n) is 19.5. The molecule has 0 bridgehead atoms. The number of hydrogen-bond acceptors (Lipinski definition) is 5. The number of aliphatic carboxylic acids is 1. The summed E-state index contributed by atoms with van der Waals surface area (Å²) >= 11 is 12.2. The number of aromatic nitrogens is 3. The lowest BCUT2D eigenvalue weighted by Crippen LogP contribution is -2.38. The van der Waals surface area contributed by atoms with Gasteiger partial charge in [-0.3, -0.25) is 4.79 Å². The highest BCUT2D eigenvalue weighted by molar-refractivity contribution is 6.31. The van der Waals surface area contributed by atoms with E-state index in [2.05, 4.69) is 17.2 Å². The average molecular weight is 534 g/mol. The number of aryl methyl sites for hydroxylation is 1. The molecule has 4 aromatic rings. The van der Waals surface area contributed by atoms with Crippen LogP contribution in [-0.2, 0) is 23.2 Å². The first-order valence-corrected chi connectivity index (χ1v) is 12.5. The highest BCUT2D eigenvalue weighted by Gasteiger charge is 2.49. The SMILES string of the molecule is O=C(O)Cn1c(N2C[C@]3(CCc4ccccc43)C(c3ccc(Cl)cc3)=N2)nn(-c2ccc(Cl)cc2)c1=O. The van der Waals surface area contributed by atoms with E-state index < -0.39 is 23.6 Å². The number of rotatable bonds is 5. The zero-order chi connectivity index (χ0) is 25.7. The summed E-state index contributed by atoms with van der Waals surface area (Å²) in [5.74, 6) is -0.990. The number of carbonyl (C=O) groups is 1. The van der Waals surface area contributed by atoms with Gasteiger partial charge in [-0.15, -0.1) is 5.10 Å². The molecular weight excluding hydrogens is 513 g/mol. The maximum atomic E-state index is 13.3. The van der Waals surface area contributed by atoms with Gasteiger partial charge < -0.3 is 5.11 Å². The minimum atomic E-state index is -1.15. The largest absolute Gasteiger partial charge is 0.480 e. The van der Waals surface area contributed by atoms with Crippen LogP contribution in [0.25, 0.3) is 5.69 Å². The summed E-state index contributed by atoms with van der Waals surface area (Å²) in [6, 6.07) is 22.4. The van der Waals surface area contributed by atoms with E-state index in [1.807, 2.05) is 36.4 Å². The summed E-state index contributed by atoms with van der Waals surface area (Å²) in [6.45, 7) is -0.133. The summed E-state index contributed by atoms with van der Waals surface area (Å²) in [6.07, 6.45) is 1.71. The molecule has 1 N–H and O–H groups in total. The number of benzene rings is 3. The molecular formula is C27H21Cl2N5O3. The van der Waals surface area contributed by atoms with Crippen LogP contribution < -0.4 is 10.7 Å². The molecule has 0 saturated carbocycles. The van der Waals surface area contributed by atoms with Gasteiger partial charge in [0.05, 0.1) is 23.4 Å². The van der Waals surface area contributed by atoms with Gasteiger partial charge in [-0.1, -0.05) is 59.6 Å². The predicted octanol–water partition coefficient (Wildman–Crippen LogP) is 4.53. The predicted molar refractivity (Wildman–Crippen MR) is 142 cm³/mol. The zero-order valence-corrected chi connectivity index (χ0v) is 21.0. The molecule has 6 rings (SSSR count). The number of hydrazone groups is 1. The third-order valence-corrected chi connectivity index (χ3v) is 7.51. The Labute approximate surface area is 222 Å². The molecule has 8 nitrogen and oxygen atoms in total. The van der Waals surface area contributed by atoms with E-state index in [1.165, 1.54) is 15.8 Å². The number of halogens is 2. The lowest BCUT2D eigenvalue weighted by molar-refractivity contribution is -0.137. The molecule has 0 unspecified atom stereocenters. The Bertz CT molecular complexity index is 1610. The van der Waals surface area contributed by atoms with E-state index in [1.54, 1.807) is 29.3 Å². The van der Waals surface area contributed by atoms with Gasteiger partial charge in [0.1, 0.15) is 6.54 Å². The van der Waals surface area contributed by atoms with Crippen molar-refractivity contribution in [1.29, 1.82) is 0 Å². The Morgan fingerprint density at radius 2 is 1.65 bits per heavy atom. The van der Waals surface area contributed by atoms with Gasteiger partial charge in [0, 0.05) is 10.0 Å². The van der Waals surface area contributed by atoms with Crippen molar-refractivity contribution in [1.82, 2.24) is 14.3 Å². The molecule has 186 valence electrons. The van der Waals surface area contributed by atoms with Crippen LogP contribution in [-0.4, -0.2) is 37.7 Å². The van der Waals surface area contributed by atoms with Gasteiger partial charge in [-0.25, -0.2) is 14.4 Å². The smallest absolute Gasteiger partial charge is 0.352 e. The van der Waals surface area contributed by atoms with Crippen molar-refractivity contribution in [2.24, 2.45) is 5.10 Å². The first-order chi connectivity index (χ1) is 17.9. The van der Waals surface area contributed by atoms with Crippen molar-refractivity contribution < 1.29 is 9.90 Å². The number of nitrogens with zero attached hydrogens (tertiary/aromatic N) is 5. The first kappa shape index (κ1) is 23.5. The van der Waals surface area contributed by atoms with Gasteiger partial charge in [0.2, 0.25) is 5.95 Å². The Hall–Kier alpha value is -3.88. The second kappa shape index (κ2) is 8.90. The second-order valence-electron chi connectivity index (χ2n) is 9.20. The third kappa shape index (κ3) is 3.93. The molecule has 2 aliphatic rings. The van der Waals surface area contributed by atoms with Crippen LogP contribution in [0.3, 0.4) is 0 Å². The molecule has 1 aromatic heterocycles. The maximum absolute atomic E-state index is 13.3. The minimum absolute atomic E-state index is 0.162. The topological polar surface area (TPSA) is 92.7 Å². The summed E-state index contributed by atoms with van der Waals surface area (Å²) < 4.78 is 2.32. The lowest BCUT2D eigenvalue weighted by atomic mass is 9.75. The van der Waals surface area contributed by atoms with E-state index in [4.69, 9.17) is 28.3 Å². The molecule has 3 aromatic carbocycles. The Balaban J connectivity index is 1.52. The number of carboxylic acids is 1. The van der Waals surface area contributed by atoms with Gasteiger partial charge in [0.15, 0.2) is 0 Å². The fourth-order valence-electron chi connectivity index (χ4n) is 5.34. The van der Waals surface area contributed by atoms with E-state index >= 15 is 0 Å². The summed E-state index contributed by atoms with van der Waals surface area (Å²) in [5, 5.41) is 21.9. The number of hydrogen-bond donors (Lipinski definition) is 1. The molecule has 0 fully saturated rings. The number of fused-ring (bicyclic) bond motifs is 2. The van der Waals surface area contributed by atoms with Crippen molar-refractivity contribution in [2.45, 2.75) is 24.8 Å². The standard InChI is InChI=1S/C27H21Cl2N5O3/c28-19-7-5-18(6-8-19)24-27(14-13-17-3-1-2-4-22(17)27)16-33(30-24)25-31-34(21-11-9-20(29)10-12-21)26(37)32(25)15-23(35)36/h1-12H,13-16H2,(H,35,36)/t27-/m0/s1. The van der Waals surface area contributed by atoms with Crippen molar-refractivity contribution in [3.8, 4) is 5.69 Å². The summed E-state index contributed by atoms with van der Waals surface area (Å²) in [4.78, 5) is 25.1. The van der Waals surface area contributed by atoms with E-state index in [-0.39, 0.29) is 5.95 Å². The van der Waals surface area contributed by atoms with Crippen molar-refractivity contribution in [3.63, 3.8) is 0 Å². The molecule has 1 aliphatic heterocycles. The van der Waals surface area contributed by atoms with Crippen LogP contribution in [0.5, 0.6) is 0 Å². The Kier molecular flexibility index (Phi) is 5.66. The van der Waals surface area contributed by atoms with Crippen LogP contribution >= 0.6 is 23.2 Å². The second-order valence-corrected chi connectivity index (χ2v) is 10.1. The van der Waals surface area contributed by atoms with Gasteiger partial charge in [-0.05, 0) is 65.9 Å². The third-order valence-electron chi connectivity index (χ3n) is 7.00. The average Bonchev–Trinajstić information content (AvgIpc) is 3.55. The normalized spacial score (nSPS) is 18.3. The molecule has 0 amide bonds. The minimum Gasteiger partial charge on any atom is -0.480 e. The highest BCUT2D eigenvalue weighted by Crippen LogP contribution is 2.46. The van der Waals surface area contributed by atoms with E-state index in [0.29, 0.717) is 22.3 Å². The number of anilines is 1. The molecule has 0 saturated heterocycles. The van der Waals surface area contributed by atoms with Crippen molar-refractivity contribution >= 4 is 40.8 Å². The molecule has 2 heterocycles. The molecule has 1 atom stereocenters. The Morgan fingerprint density at radius 1 is 0.973 bits per heavy atom. The van der Waals surface area contributed by atoms with Crippen LogP contribution in [0.15, 0.2) is 82.7 Å². The quantitative estimate of drug-likeness (QED) is 0.406. The maximum Gasteiger partial charge on any atom is 0.352 e. The van der Waals surface area contributed by atoms with Gasteiger partial charge in [0.25, 0.3) is 0 Å². The summed E-state index contributed by atoms with van der Waals surface area (Å²) in [7, 11) is 0. The fraction of sp³-hybridized carbons (Fsp3) is 0.185. The summed E-state index contributed by atoms with van der Waals surface area (Å²) in [5.41, 5.74) is 3.63. The molecule has 10 heteroatoms. The lowest BCUT2D eigenvalue weighted by Gasteiger charge is -2.27. The van der Waals surface area contributed by atoms with E-state index in [0.717, 1.165) is 28.7 Å². The van der Waals surface area contributed by atoms with Crippen LogP contribution in [0.1, 0.15) is 23.1 Å². The van der Waals surface area contributed by atoms with E-state index in [9.17, 15) is 14.7 Å². The first-order valence-electron chi connectivity index (χ1n) is 11.7. The van der Waals surface area contributed by atoms with Gasteiger partial charge >= 0.3 is 11.7 Å².